The summed E-state index contributed by atoms with van der Waals surface area (Å²) in [6.07, 6.45) is 1.69. The van der Waals surface area contributed by atoms with E-state index in [0.29, 0.717) is 36.6 Å². The molecule has 1 heterocycles. The van der Waals surface area contributed by atoms with Crippen LogP contribution in [0.3, 0.4) is 0 Å². The number of sulfonamides is 1. The van der Waals surface area contributed by atoms with Gasteiger partial charge in [0.05, 0.1) is 10.6 Å². The minimum atomic E-state index is -3.71. The number of benzene rings is 3. The summed E-state index contributed by atoms with van der Waals surface area (Å²) in [4.78, 5) is 13.2. The van der Waals surface area contributed by atoms with Crippen molar-refractivity contribution in [2.45, 2.75) is 37.0 Å². The molecule has 0 spiro atoms. The Kier molecular flexibility index (Phi) is 7.05. The molecule has 1 aliphatic rings. The van der Waals surface area contributed by atoms with Crippen LogP contribution in [0.4, 0.5) is 5.69 Å². The Bertz CT molecular complexity index is 1250. The number of hydrogen-bond acceptors (Lipinski definition) is 4. The highest BCUT2D eigenvalue weighted by Crippen LogP contribution is 2.34. The first-order valence-corrected chi connectivity index (χ1v) is 12.9. The molecule has 6 nitrogen and oxygen atoms in total. The highest BCUT2D eigenvalue weighted by molar-refractivity contribution is 7.92. The maximum absolute atomic E-state index is 13.0. The molecule has 0 atom stereocenters. The van der Waals surface area contributed by atoms with Crippen LogP contribution in [0.5, 0.6) is 0 Å². The topological polar surface area (TPSA) is 84.5 Å². The van der Waals surface area contributed by atoms with Crippen LogP contribution in [-0.4, -0.2) is 34.1 Å². The summed E-state index contributed by atoms with van der Waals surface area (Å²) in [7, 11) is -3.71. The predicted octanol–water partition coefficient (Wildman–Crippen LogP) is 4.58. The molecule has 0 radical (unpaired) electrons. The number of rotatable bonds is 7. The van der Waals surface area contributed by atoms with Gasteiger partial charge in [0.2, 0.25) is 0 Å². The minimum absolute atomic E-state index is 0.159. The highest BCUT2D eigenvalue weighted by Gasteiger charge is 2.34. The maximum Gasteiger partial charge on any atom is 0.261 e. The number of ether oxygens (including phenoxy) is 1. The standard InChI is InChI=1S/C27H30N2O4S/c1-20-8-11-24(12-9-20)34(31,32)29-25-13-10-22(18-21(25)2)26(30)28-19-27(14-16-33-17-15-27)23-6-4-3-5-7-23/h3-13,18,29H,14-17,19H2,1-2H3,(H,28,30). The molecule has 1 aliphatic heterocycles. The highest BCUT2D eigenvalue weighted by atomic mass is 32.2. The van der Waals surface area contributed by atoms with E-state index in [4.69, 9.17) is 4.74 Å². The summed E-state index contributed by atoms with van der Waals surface area (Å²) in [6, 6.07) is 21.9. The average Bonchev–Trinajstić information content (AvgIpc) is 2.85. The molecule has 34 heavy (non-hydrogen) atoms. The Balaban J connectivity index is 1.47. The van der Waals surface area contributed by atoms with Crippen LogP contribution >= 0.6 is 0 Å². The lowest BCUT2D eigenvalue weighted by Crippen LogP contribution is -2.44. The second kappa shape index (κ2) is 9.99. The van der Waals surface area contributed by atoms with E-state index in [1.807, 2.05) is 25.1 Å². The van der Waals surface area contributed by atoms with Crippen molar-refractivity contribution >= 4 is 21.6 Å². The number of amides is 1. The van der Waals surface area contributed by atoms with Crippen molar-refractivity contribution in [2.75, 3.05) is 24.5 Å². The zero-order chi connectivity index (χ0) is 24.2. The summed E-state index contributed by atoms with van der Waals surface area (Å²) < 4.78 is 33.7. The summed E-state index contributed by atoms with van der Waals surface area (Å²) in [6.45, 7) is 5.54. The van der Waals surface area contributed by atoms with Gasteiger partial charge in [0.1, 0.15) is 0 Å². The Labute approximate surface area is 201 Å². The van der Waals surface area contributed by atoms with Gasteiger partial charge in [0, 0.05) is 30.7 Å². The van der Waals surface area contributed by atoms with E-state index in [1.54, 1.807) is 49.4 Å². The summed E-state index contributed by atoms with van der Waals surface area (Å²) in [5, 5.41) is 3.10. The fraction of sp³-hybridized carbons (Fsp3) is 0.296. The molecular weight excluding hydrogens is 448 g/mol. The van der Waals surface area contributed by atoms with Gasteiger partial charge >= 0.3 is 0 Å². The van der Waals surface area contributed by atoms with Crippen molar-refractivity contribution in [1.29, 1.82) is 0 Å². The molecule has 2 N–H and O–H groups in total. The number of aryl methyl sites for hydroxylation is 2. The number of carbonyl (C=O) groups excluding carboxylic acids is 1. The van der Waals surface area contributed by atoms with Crippen LogP contribution in [0.15, 0.2) is 77.7 Å². The molecule has 178 valence electrons. The monoisotopic (exact) mass is 478 g/mol. The molecule has 7 heteroatoms. The lowest BCUT2D eigenvalue weighted by atomic mass is 9.74. The van der Waals surface area contributed by atoms with Crippen LogP contribution in [0.25, 0.3) is 0 Å². The fourth-order valence-electron chi connectivity index (χ4n) is 4.31. The van der Waals surface area contributed by atoms with Crippen LogP contribution in [0, 0.1) is 13.8 Å². The Morgan fingerprint density at radius 3 is 2.26 bits per heavy atom. The van der Waals surface area contributed by atoms with Gasteiger partial charge in [-0.05, 0) is 68.1 Å². The smallest absolute Gasteiger partial charge is 0.261 e. The lowest BCUT2D eigenvalue weighted by Gasteiger charge is -2.38. The van der Waals surface area contributed by atoms with E-state index in [1.165, 1.54) is 5.56 Å². The van der Waals surface area contributed by atoms with Crippen molar-refractivity contribution in [2.24, 2.45) is 0 Å². The minimum Gasteiger partial charge on any atom is -0.381 e. The van der Waals surface area contributed by atoms with Gasteiger partial charge in [-0.15, -0.1) is 0 Å². The van der Waals surface area contributed by atoms with Gasteiger partial charge in [-0.3, -0.25) is 9.52 Å². The molecule has 1 amide bonds. The van der Waals surface area contributed by atoms with Crippen molar-refractivity contribution in [3.63, 3.8) is 0 Å². The quantitative estimate of drug-likeness (QED) is 0.521. The zero-order valence-corrected chi connectivity index (χ0v) is 20.3. The third-order valence-corrected chi connectivity index (χ3v) is 7.87. The molecule has 1 saturated heterocycles. The van der Waals surface area contributed by atoms with Crippen LogP contribution in [0.1, 0.15) is 39.9 Å². The normalized spacial score (nSPS) is 15.5. The second-order valence-corrected chi connectivity index (χ2v) is 10.6. The molecule has 3 aromatic carbocycles. The molecule has 4 rings (SSSR count). The molecule has 1 fully saturated rings. The van der Waals surface area contributed by atoms with Gasteiger partial charge in [-0.2, -0.15) is 0 Å². The molecule has 0 bridgehead atoms. The van der Waals surface area contributed by atoms with Gasteiger partial charge in [-0.25, -0.2) is 8.42 Å². The fourth-order valence-corrected chi connectivity index (χ4v) is 5.44. The van der Waals surface area contributed by atoms with Gasteiger partial charge in [0.15, 0.2) is 0 Å². The summed E-state index contributed by atoms with van der Waals surface area (Å²) in [5.41, 5.74) is 3.64. The van der Waals surface area contributed by atoms with Gasteiger partial charge in [0.25, 0.3) is 15.9 Å². The number of anilines is 1. The predicted molar refractivity (Wildman–Crippen MR) is 134 cm³/mol. The van der Waals surface area contributed by atoms with E-state index in [-0.39, 0.29) is 16.2 Å². The lowest BCUT2D eigenvalue weighted by molar-refractivity contribution is 0.0487. The van der Waals surface area contributed by atoms with Gasteiger partial charge in [-0.1, -0.05) is 48.0 Å². The Morgan fingerprint density at radius 2 is 1.62 bits per heavy atom. The Morgan fingerprint density at radius 1 is 0.941 bits per heavy atom. The van der Waals surface area contributed by atoms with Crippen molar-refractivity contribution in [3.05, 3.63) is 95.1 Å². The average molecular weight is 479 g/mol. The third kappa shape index (κ3) is 5.32. The molecule has 3 aromatic rings. The molecule has 0 saturated carbocycles. The van der Waals surface area contributed by atoms with Crippen molar-refractivity contribution < 1.29 is 17.9 Å². The van der Waals surface area contributed by atoms with E-state index >= 15 is 0 Å². The maximum atomic E-state index is 13.0. The van der Waals surface area contributed by atoms with E-state index in [0.717, 1.165) is 18.4 Å². The largest absolute Gasteiger partial charge is 0.381 e. The molecule has 0 unspecified atom stereocenters. The second-order valence-electron chi connectivity index (χ2n) is 8.89. The number of hydrogen-bond donors (Lipinski definition) is 2. The van der Waals surface area contributed by atoms with Crippen molar-refractivity contribution in [3.8, 4) is 0 Å². The molecule has 0 aliphatic carbocycles. The summed E-state index contributed by atoms with van der Waals surface area (Å²) >= 11 is 0. The van der Waals surface area contributed by atoms with Gasteiger partial charge < -0.3 is 10.1 Å². The van der Waals surface area contributed by atoms with E-state index in [9.17, 15) is 13.2 Å². The first-order chi connectivity index (χ1) is 16.3. The number of carbonyl (C=O) groups is 1. The van der Waals surface area contributed by atoms with Crippen LogP contribution in [-0.2, 0) is 20.2 Å². The third-order valence-electron chi connectivity index (χ3n) is 6.49. The van der Waals surface area contributed by atoms with Crippen molar-refractivity contribution in [1.82, 2.24) is 5.32 Å². The molecular formula is C27H30N2O4S. The first kappa shape index (κ1) is 24.0. The van der Waals surface area contributed by atoms with E-state index in [2.05, 4.69) is 22.2 Å². The Hall–Kier alpha value is -3.16. The molecule has 0 aromatic heterocycles. The summed E-state index contributed by atoms with van der Waals surface area (Å²) in [5.74, 6) is -0.183. The first-order valence-electron chi connectivity index (χ1n) is 11.4. The van der Waals surface area contributed by atoms with Crippen LogP contribution in [0.2, 0.25) is 0 Å². The SMILES string of the molecule is Cc1ccc(S(=O)(=O)Nc2ccc(C(=O)NCC3(c4ccccc4)CCOCC3)cc2C)cc1. The van der Waals surface area contributed by atoms with E-state index < -0.39 is 10.0 Å². The van der Waals surface area contributed by atoms with Crippen LogP contribution < -0.4 is 10.0 Å². The number of nitrogens with one attached hydrogen (secondary N) is 2. The zero-order valence-electron chi connectivity index (χ0n) is 19.5.